The van der Waals surface area contributed by atoms with Crippen LogP contribution in [0.3, 0.4) is 0 Å². The average molecular weight is 197 g/mol. The van der Waals surface area contributed by atoms with Gasteiger partial charge in [-0.15, -0.1) is 0 Å². The normalized spacial score (nSPS) is 12.4. The van der Waals surface area contributed by atoms with E-state index < -0.39 is 11.8 Å². The minimum Gasteiger partial charge on any atom is -0.481 e. The highest BCUT2D eigenvalue weighted by Crippen LogP contribution is 2.20. The van der Waals surface area contributed by atoms with E-state index in [1.165, 1.54) is 12.1 Å². The fourth-order valence-electron chi connectivity index (χ4n) is 1.30. The number of aromatic nitrogens is 1. The van der Waals surface area contributed by atoms with E-state index in [1.807, 2.05) is 6.92 Å². The van der Waals surface area contributed by atoms with Gasteiger partial charge in [-0.3, -0.25) is 9.78 Å². The molecule has 4 heteroatoms. The number of halogens is 1. The van der Waals surface area contributed by atoms with Crippen LogP contribution in [0.4, 0.5) is 4.39 Å². The lowest BCUT2D eigenvalue weighted by Crippen LogP contribution is -2.07. The molecule has 0 spiro atoms. The van der Waals surface area contributed by atoms with Crippen molar-refractivity contribution in [1.29, 1.82) is 0 Å². The van der Waals surface area contributed by atoms with Crippen LogP contribution < -0.4 is 0 Å². The minimum absolute atomic E-state index is 0.0368. The van der Waals surface area contributed by atoms with Gasteiger partial charge in [0, 0.05) is 11.6 Å². The summed E-state index contributed by atoms with van der Waals surface area (Å²) in [4.78, 5) is 14.4. The van der Waals surface area contributed by atoms with Gasteiger partial charge in [-0.05, 0) is 18.6 Å². The van der Waals surface area contributed by atoms with E-state index in [-0.39, 0.29) is 12.3 Å². The van der Waals surface area contributed by atoms with Crippen molar-refractivity contribution in [2.45, 2.75) is 25.7 Å². The fraction of sp³-hybridized carbons (Fsp3) is 0.400. The third kappa shape index (κ3) is 2.80. The molecular weight excluding hydrogens is 185 g/mol. The van der Waals surface area contributed by atoms with E-state index >= 15 is 0 Å². The minimum atomic E-state index is -0.858. The van der Waals surface area contributed by atoms with Crippen molar-refractivity contribution in [3.8, 4) is 0 Å². The zero-order valence-corrected chi connectivity index (χ0v) is 7.90. The molecule has 1 heterocycles. The Hall–Kier alpha value is -1.45. The zero-order valence-electron chi connectivity index (χ0n) is 7.90. The fourth-order valence-corrected chi connectivity index (χ4v) is 1.30. The molecule has 0 aromatic carbocycles. The first kappa shape index (κ1) is 10.6. The second kappa shape index (κ2) is 4.69. The van der Waals surface area contributed by atoms with Crippen LogP contribution in [-0.2, 0) is 4.79 Å². The van der Waals surface area contributed by atoms with Gasteiger partial charge in [-0.1, -0.05) is 6.92 Å². The smallest absolute Gasteiger partial charge is 0.304 e. The van der Waals surface area contributed by atoms with Gasteiger partial charge in [0.15, 0.2) is 0 Å². The molecule has 0 aliphatic rings. The van der Waals surface area contributed by atoms with E-state index in [0.717, 1.165) is 6.20 Å². The predicted molar refractivity (Wildman–Crippen MR) is 49.5 cm³/mol. The first-order chi connectivity index (χ1) is 6.63. The standard InChI is InChI=1S/C10H12FNO2/c1-2-7(5-10(13)14)9-4-3-8(11)6-12-9/h3-4,6-7H,2,5H2,1H3,(H,13,14). The number of carbonyl (C=O) groups is 1. The second-order valence-electron chi connectivity index (χ2n) is 3.10. The summed E-state index contributed by atoms with van der Waals surface area (Å²) in [5, 5.41) is 8.63. The molecular formula is C10H12FNO2. The molecule has 0 bridgehead atoms. The maximum atomic E-state index is 12.5. The van der Waals surface area contributed by atoms with Gasteiger partial charge < -0.3 is 5.11 Å². The molecule has 1 unspecified atom stereocenters. The average Bonchev–Trinajstić information content (AvgIpc) is 2.15. The largest absolute Gasteiger partial charge is 0.481 e. The van der Waals surface area contributed by atoms with Crippen molar-refractivity contribution < 1.29 is 14.3 Å². The van der Waals surface area contributed by atoms with E-state index in [1.54, 1.807) is 0 Å². The first-order valence-electron chi connectivity index (χ1n) is 4.46. The Kier molecular flexibility index (Phi) is 3.56. The zero-order chi connectivity index (χ0) is 10.6. The van der Waals surface area contributed by atoms with Gasteiger partial charge in [0.1, 0.15) is 5.82 Å². The molecule has 0 aliphatic carbocycles. The highest BCUT2D eigenvalue weighted by atomic mass is 19.1. The van der Waals surface area contributed by atoms with Crippen LogP contribution in [0.1, 0.15) is 31.4 Å². The number of carboxylic acid groups (broad SMARTS) is 1. The lowest BCUT2D eigenvalue weighted by Gasteiger charge is -2.10. The lowest BCUT2D eigenvalue weighted by atomic mass is 9.98. The molecule has 14 heavy (non-hydrogen) atoms. The van der Waals surface area contributed by atoms with Crippen molar-refractivity contribution in [1.82, 2.24) is 4.98 Å². The van der Waals surface area contributed by atoms with Gasteiger partial charge in [0.05, 0.1) is 12.6 Å². The van der Waals surface area contributed by atoms with Crippen LogP contribution in [-0.4, -0.2) is 16.1 Å². The van der Waals surface area contributed by atoms with E-state index in [0.29, 0.717) is 12.1 Å². The van der Waals surface area contributed by atoms with Gasteiger partial charge in [-0.25, -0.2) is 4.39 Å². The molecule has 0 radical (unpaired) electrons. The van der Waals surface area contributed by atoms with Gasteiger partial charge >= 0.3 is 5.97 Å². The number of pyridine rings is 1. The number of aliphatic carboxylic acids is 1. The summed E-state index contributed by atoms with van der Waals surface area (Å²) in [6.45, 7) is 1.89. The van der Waals surface area contributed by atoms with Crippen LogP contribution >= 0.6 is 0 Å². The first-order valence-corrected chi connectivity index (χ1v) is 4.46. The third-order valence-corrected chi connectivity index (χ3v) is 2.08. The van der Waals surface area contributed by atoms with Gasteiger partial charge in [0.2, 0.25) is 0 Å². The van der Waals surface area contributed by atoms with Crippen LogP contribution in [0, 0.1) is 5.82 Å². The van der Waals surface area contributed by atoms with Crippen molar-refractivity contribution in [2.24, 2.45) is 0 Å². The summed E-state index contributed by atoms with van der Waals surface area (Å²) in [6, 6.07) is 2.83. The lowest BCUT2D eigenvalue weighted by molar-refractivity contribution is -0.137. The molecule has 76 valence electrons. The topological polar surface area (TPSA) is 50.2 Å². The summed E-state index contributed by atoms with van der Waals surface area (Å²) in [5.74, 6) is -1.39. The highest BCUT2D eigenvalue weighted by molar-refractivity contribution is 5.67. The van der Waals surface area contributed by atoms with Gasteiger partial charge in [0.25, 0.3) is 0 Å². The monoisotopic (exact) mass is 197 g/mol. The SMILES string of the molecule is CCC(CC(=O)O)c1ccc(F)cn1. The van der Waals surface area contributed by atoms with Crippen LogP contribution in [0.2, 0.25) is 0 Å². The number of rotatable bonds is 4. The Balaban J connectivity index is 2.78. The molecule has 1 atom stereocenters. The Bertz CT molecular complexity index is 310. The molecule has 0 fully saturated rings. The number of carboxylic acids is 1. The molecule has 1 aromatic rings. The highest BCUT2D eigenvalue weighted by Gasteiger charge is 2.14. The summed E-state index contributed by atoms with van der Waals surface area (Å²) < 4.78 is 12.5. The molecule has 0 saturated carbocycles. The Morgan fingerprint density at radius 1 is 1.64 bits per heavy atom. The van der Waals surface area contributed by atoms with Crippen molar-refractivity contribution >= 4 is 5.97 Å². The Labute approximate surface area is 81.6 Å². The van der Waals surface area contributed by atoms with E-state index in [2.05, 4.69) is 4.98 Å². The molecule has 1 rings (SSSR count). The molecule has 3 nitrogen and oxygen atoms in total. The molecule has 0 aliphatic heterocycles. The third-order valence-electron chi connectivity index (χ3n) is 2.08. The maximum absolute atomic E-state index is 12.5. The maximum Gasteiger partial charge on any atom is 0.304 e. The van der Waals surface area contributed by atoms with Crippen molar-refractivity contribution in [2.75, 3.05) is 0 Å². The molecule has 1 N–H and O–H groups in total. The summed E-state index contributed by atoms with van der Waals surface area (Å²) in [6.07, 6.45) is 1.83. The molecule has 0 amide bonds. The van der Waals surface area contributed by atoms with Crippen molar-refractivity contribution in [3.05, 3.63) is 29.8 Å². The number of hydrogen-bond donors (Lipinski definition) is 1. The van der Waals surface area contributed by atoms with E-state index in [9.17, 15) is 9.18 Å². The predicted octanol–water partition coefficient (Wildman–Crippen LogP) is 2.19. The summed E-state index contributed by atoms with van der Waals surface area (Å²) in [5.41, 5.74) is 0.635. The molecule has 1 aromatic heterocycles. The Morgan fingerprint density at radius 3 is 2.79 bits per heavy atom. The van der Waals surface area contributed by atoms with Crippen LogP contribution in [0.25, 0.3) is 0 Å². The van der Waals surface area contributed by atoms with Crippen LogP contribution in [0.5, 0.6) is 0 Å². The summed E-state index contributed by atoms with van der Waals surface area (Å²) in [7, 11) is 0. The van der Waals surface area contributed by atoms with Gasteiger partial charge in [-0.2, -0.15) is 0 Å². The number of nitrogens with zero attached hydrogens (tertiary/aromatic N) is 1. The number of hydrogen-bond acceptors (Lipinski definition) is 2. The molecule has 0 saturated heterocycles. The Morgan fingerprint density at radius 2 is 2.36 bits per heavy atom. The second-order valence-corrected chi connectivity index (χ2v) is 3.10. The van der Waals surface area contributed by atoms with Crippen molar-refractivity contribution in [3.63, 3.8) is 0 Å². The van der Waals surface area contributed by atoms with Crippen LogP contribution in [0.15, 0.2) is 18.3 Å². The summed E-state index contributed by atoms with van der Waals surface area (Å²) >= 11 is 0. The quantitative estimate of drug-likeness (QED) is 0.804. The van der Waals surface area contributed by atoms with E-state index in [4.69, 9.17) is 5.11 Å².